The Balaban J connectivity index is 0.000000250. The van der Waals surface area contributed by atoms with Gasteiger partial charge in [0.1, 0.15) is 0 Å². The fourth-order valence-electron chi connectivity index (χ4n) is 0.167. The van der Waals surface area contributed by atoms with Crippen LogP contribution in [0.5, 0.6) is 0 Å². The fourth-order valence-corrected chi connectivity index (χ4v) is 0.167. The quantitative estimate of drug-likeness (QED) is 0.557. The second-order valence-corrected chi connectivity index (χ2v) is 0.660. The van der Waals surface area contributed by atoms with E-state index < -0.39 is 0 Å². The van der Waals surface area contributed by atoms with E-state index in [1.54, 1.807) is 12.4 Å². The second kappa shape index (κ2) is 3.09. The van der Waals surface area contributed by atoms with Gasteiger partial charge in [-0.3, -0.25) is 5.10 Å². The van der Waals surface area contributed by atoms with E-state index in [-0.39, 0.29) is 22.4 Å². The molecule has 3 nitrogen and oxygen atoms in total. The molecule has 1 rings (SSSR count). The van der Waals surface area contributed by atoms with Gasteiger partial charge < -0.3 is 0 Å². The molecule has 0 aliphatic carbocycles. The van der Waals surface area contributed by atoms with Crippen molar-refractivity contribution in [3.05, 3.63) is 12.4 Å². The number of hydrogen-bond donors (Lipinski definition) is 1. The number of aromatic nitrogens is 3. The van der Waals surface area contributed by atoms with E-state index in [2.05, 4.69) is 15.4 Å². The van der Waals surface area contributed by atoms with Gasteiger partial charge in [0.2, 0.25) is 0 Å². The first-order chi connectivity index (χ1) is 2.50. The SMILES string of the molecule is [Ag].c1c[nH]nn1. The minimum absolute atomic E-state index is 0. The number of nitrogens with zero attached hydrogens (tertiary/aromatic N) is 2. The van der Waals surface area contributed by atoms with Crippen molar-refractivity contribution in [1.29, 1.82) is 0 Å². The summed E-state index contributed by atoms with van der Waals surface area (Å²) in [5.74, 6) is 0. The molecule has 0 bridgehead atoms. The van der Waals surface area contributed by atoms with Crippen molar-refractivity contribution in [3.63, 3.8) is 0 Å². The predicted octanol–water partition coefficient (Wildman–Crippen LogP) is -0.198. The molecule has 1 aromatic rings. The fraction of sp³-hybridized carbons (Fsp3) is 0. The Morgan fingerprint density at radius 2 is 2.33 bits per heavy atom. The number of nitrogens with one attached hydrogen (secondary N) is 1. The number of hydrogen-bond acceptors (Lipinski definition) is 2. The Labute approximate surface area is 50.7 Å². The Morgan fingerprint density at radius 1 is 1.50 bits per heavy atom. The predicted molar refractivity (Wildman–Crippen MR) is 16.4 cm³/mol. The van der Waals surface area contributed by atoms with Crippen LogP contribution in [-0.4, -0.2) is 15.4 Å². The minimum Gasteiger partial charge on any atom is -0.266 e. The van der Waals surface area contributed by atoms with Gasteiger partial charge in [-0.05, 0) is 0 Å². The molecule has 1 N–H and O–H groups in total. The molecule has 4 heteroatoms. The van der Waals surface area contributed by atoms with Crippen molar-refractivity contribution in [1.82, 2.24) is 15.4 Å². The first-order valence-corrected chi connectivity index (χ1v) is 1.30. The molecule has 0 aliphatic rings. The monoisotopic (exact) mass is 176 g/mol. The third-order valence-corrected chi connectivity index (χ3v) is 0.331. The Hall–Kier alpha value is -0.120. The van der Waals surface area contributed by atoms with E-state index in [1.807, 2.05) is 0 Å². The molecular weight excluding hydrogens is 174 g/mol. The van der Waals surface area contributed by atoms with Crippen molar-refractivity contribution in [2.75, 3.05) is 0 Å². The standard InChI is InChI=1S/C2H3N3.Ag/c1-2-4-5-3-1;/h1-2H,(H,3,4,5);. The van der Waals surface area contributed by atoms with Crippen LogP contribution in [0.4, 0.5) is 0 Å². The first kappa shape index (κ1) is 5.88. The average molecular weight is 177 g/mol. The number of H-pyrrole nitrogens is 1. The molecule has 0 amide bonds. The molecule has 0 fully saturated rings. The van der Waals surface area contributed by atoms with Gasteiger partial charge in [-0.2, -0.15) is 0 Å². The summed E-state index contributed by atoms with van der Waals surface area (Å²) in [4.78, 5) is 0. The van der Waals surface area contributed by atoms with Crippen LogP contribution < -0.4 is 0 Å². The zero-order chi connectivity index (χ0) is 3.54. The van der Waals surface area contributed by atoms with Crippen molar-refractivity contribution in [2.45, 2.75) is 0 Å². The Kier molecular flexibility index (Phi) is 3.02. The van der Waals surface area contributed by atoms with Gasteiger partial charge in [0, 0.05) is 28.6 Å². The third-order valence-electron chi connectivity index (χ3n) is 0.331. The van der Waals surface area contributed by atoms with E-state index in [0.29, 0.717) is 0 Å². The Bertz CT molecular complexity index is 65.3. The number of rotatable bonds is 0. The molecule has 0 unspecified atom stereocenters. The smallest absolute Gasteiger partial charge is 0.0690 e. The van der Waals surface area contributed by atoms with Crippen LogP contribution in [0, 0.1) is 0 Å². The molecule has 0 aliphatic heterocycles. The summed E-state index contributed by atoms with van der Waals surface area (Å²) in [6, 6.07) is 0. The van der Waals surface area contributed by atoms with Gasteiger partial charge in [-0.15, -0.1) is 5.10 Å². The molecule has 37 valence electrons. The molecule has 0 saturated heterocycles. The summed E-state index contributed by atoms with van der Waals surface area (Å²) >= 11 is 0. The van der Waals surface area contributed by atoms with Crippen LogP contribution in [0.15, 0.2) is 12.4 Å². The van der Waals surface area contributed by atoms with Crippen LogP contribution in [-0.2, 0) is 22.4 Å². The van der Waals surface area contributed by atoms with E-state index >= 15 is 0 Å². The largest absolute Gasteiger partial charge is 0.266 e. The van der Waals surface area contributed by atoms with Crippen molar-refractivity contribution >= 4 is 0 Å². The zero-order valence-corrected chi connectivity index (χ0v) is 4.33. The van der Waals surface area contributed by atoms with E-state index in [9.17, 15) is 0 Å². The van der Waals surface area contributed by atoms with Crippen LogP contribution in [0.1, 0.15) is 0 Å². The van der Waals surface area contributed by atoms with Gasteiger partial charge in [0.05, 0.1) is 6.20 Å². The molecule has 0 atom stereocenters. The molecule has 1 aromatic heterocycles. The molecule has 1 heterocycles. The zero-order valence-electron chi connectivity index (χ0n) is 2.85. The van der Waals surface area contributed by atoms with E-state index in [1.165, 1.54) is 0 Å². The van der Waals surface area contributed by atoms with Crippen LogP contribution in [0.2, 0.25) is 0 Å². The summed E-state index contributed by atoms with van der Waals surface area (Å²) in [7, 11) is 0. The average Bonchev–Trinajstić information content (AvgIpc) is 1.76. The van der Waals surface area contributed by atoms with Crippen LogP contribution >= 0.6 is 0 Å². The molecule has 6 heavy (non-hydrogen) atoms. The summed E-state index contributed by atoms with van der Waals surface area (Å²) in [5.41, 5.74) is 0. The minimum atomic E-state index is 0. The maximum Gasteiger partial charge on any atom is 0.0690 e. The topological polar surface area (TPSA) is 41.6 Å². The van der Waals surface area contributed by atoms with Crippen molar-refractivity contribution in [2.24, 2.45) is 0 Å². The first-order valence-electron chi connectivity index (χ1n) is 1.30. The van der Waals surface area contributed by atoms with Crippen LogP contribution in [0.25, 0.3) is 0 Å². The van der Waals surface area contributed by atoms with Gasteiger partial charge in [0.25, 0.3) is 0 Å². The maximum absolute atomic E-state index is 3.42. The summed E-state index contributed by atoms with van der Waals surface area (Å²) in [6.45, 7) is 0. The number of aromatic amines is 1. The van der Waals surface area contributed by atoms with Gasteiger partial charge in [0.15, 0.2) is 0 Å². The summed E-state index contributed by atoms with van der Waals surface area (Å²) < 4.78 is 0. The molecule has 0 spiro atoms. The Morgan fingerprint density at radius 3 is 2.50 bits per heavy atom. The van der Waals surface area contributed by atoms with Crippen LogP contribution in [0.3, 0.4) is 0 Å². The summed E-state index contributed by atoms with van der Waals surface area (Å²) in [5, 5.41) is 9.26. The molecule has 0 aromatic carbocycles. The van der Waals surface area contributed by atoms with Gasteiger partial charge in [-0.1, -0.05) is 5.21 Å². The van der Waals surface area contributed by atoms with Gasteiger partial charge >= 0.3 is 0 Å². The molecule has 1 radical (unpaired) electrons. The second-order valence-electron chi connectivity index (χ2n) is 0.660. The molecular formula is C2H3AgN3. The van der Waals surface area contributed by atoms with Gasteiger partial charge in [-0.25, -0.2) is 0 Å². The third kappa shape index (κ3) is 1.35. The maximum atomic E-state index is 3.42. The van der Waals surface area contributed by atoms with Crippen molar-refractivity contribution in [3.8, 4) is 0 Å². The summed E-state index contributed by atoms with van der Waals surface area (Å²) in [6.07, 6.45) is 3.24. The van der Waals surface area contributed by atoms with E-state index in [0.717, 1.165) is 0 Å². The van der Waals surface area contributed by atoms with Crippen molar-refractivity contribution < 1.29 is 22.4 Å². The molecule has 0 saturated carbocycles. The van der Waals surface area contributed by atoms with E-state index in [4.69, 9.17) is 0 Å². The normalized spacial score (nSPS) is 6.67.